The lowest BCUT2D eigenvalue weighted by atomic mass is 10.3. The molecule has 18 heavy (non-hydrogen) atoms. The number of phenolic OH excluding ortho intramolecular Hbond substituents is 2. The Balaban J connectivity index is 0.000000280. The summed E-state index contributed by atoms with van der Waals surface area (Å²) in [7, 11) is -4.77. The van der Waals surface area contributed by atoms with E-state index < -0.39 is 10.2 Å². The quantitative estimate of drug-likeness (QED) is 0.422. The Morgan fingerprint density at radius 2 is 1.50 bits per heavy atom. The molecule has 0 bridgehead atoms. The number of aromatic hydroxyl groups is 2. The molecule has 0 amide bonds. The van der Waals surface area contributed by atoms with E-state index in [1.807, 2.05) is 0 Å². The third-order valence-corrected chi connectivity index (χ3v) is 4.80. The molecular weight excluding hydrogens is 284 g/mol. The summed E-state index contributed by atoms with van der Waals surface area (Å²) in [5.74, 6) is 2.92. The van der Waals surface area contributed by atoms with Crippen molar-refractivity contribution in [3.05, 3.63) is 18.2 Å². The summed E-state index contributed by atoms with van der Waals surface area (Å²) in [6.07, 6.45) is 2.50. The highest BCUT2D eigenvalue weighted by Crippen LogP contribution is 2.32. The monoisotopic (exact) mass is 296 g/mol. The smallest absolute Gasteiger partial charge is 0.200 e. The van der Waals surface area contributed by atoms with Gasteiger partial charge in [-0.05, 0) is 25.0 Å². The number of rotatable bonds is 1. The van der Waals surface area contributed by atoms with Crippen LogP contribution in [-0.2, 0) is 10.9 Å². The lowest BCUT2D eigenvalue weighted by molar-refractivity contribution is -2.00. The van der Waals surface area contributed by atoms with Gasteiger partial charge in [-0.2, -0.15) is 0 Å². The van der Waals surface area contributed by atoms with Crippen LogP contribution in [0.3, 0.4) is 0 Å². The van der Waals surface area contributed by atoms with Gasteiger partial charge in [0.2, 0.25) is 0 Å². The van der Waals surface area contributed by atoms with Crippen LogP contribution in [0.1, 0.15) is 12.8 Å². The third kappa shape index (κ3) is 5.76. The van der Waals surface area contributed by atoms with E-state index in [9.17, 15) is 10.2 Å². The maximum Gasteiger partial charge on any atom is 0.200 e. The van der Waals surface area contributed by atoms with Gasteiger partial charge in [0.1, 0.15) is 17.3 Å². The highest BCUT2D eigenvalue weighted by molar-refractivity contribution is 7.97. The van der Waals surface area contributed by atoms with E-state index in [2.05, 4.69) is 0 Å². The average molecular weight is 297 g/mol. The minimum atomic E-state index is -4.94. The summed E-state index contributed by atoms with van der Waals surface area (Å²) in [5.41, 5.74) is 0. The number of hydrogen-bond acceptors (Lipinski definition) is 6. The Bertz CT molecular complexity index is 382. The van der Waals surface area contributed by atoms with E-state index in [-0.39, 0.29) is 16.6 Å². The molecule has 1 fully saturated rings. The molecule has 2 N–H and O–H groups in total. The fourth-order valence-corrected chi connectivity index (χ4v) is 4.01. The SMILES string of the molecule is Oc1ccc(O)c([S+]2CCCC2)c1.[O-][Cl+3]([O-])([O-])[O-]. The summed E-state index contributed by atoms with van der Waals surface area (Å²) in [6, 6.07) is 4.80. The Kier molecular flexibility index (Phi) is 5.51. The molecule has 0 unspecified atom stereocenters. The molecule has 1 heterocycles. The predicted molar refractivity (Wildman–Crippen MR) is 54.4 cm³/mol. The maximum absolute atomic E-state index is 9.59. The zero-order chi connectivity index (χ0) is 13.8. The molecule has 1 saturated heterocycles. The molecule has 0 spiro atoms. The van der Waals surface area contributed by atoms with Gasteiger partial charge in [-0.1, -0.05) is 0 Å². The summed E-state index contributed by atoms with van der Waals surface area (Å²) in [5, 5.41) is 18.9. The molecule has 0 aromatic heterocycles. The molecule has 6 nitrogen and oxygen atoms in total. The van der Waals surface area contributed by atoms with E-state index in [1.165, 1.54) is 18.9 Å². The second kappa shape index (κ2) is 6.46. The minimum absolute atomic E-state index is 0.177. The van der Waals surface area contributed by atoms with Crippen molar-refractivity contribution >= 4 is 10.9 Å². The van der Waals surface area contributed by atoms with Gasteiger partial charge < -0.3 is 10.2 Å². The minimum Gasteiger partial charge on any atom is -0.508 e. The van der Waals surface area contributed by atoms with Crippen LogP contribution >= 0.6 is 0 Å². The normalized spacial score (nSPS) is 16.2. The van der Waals surface area contributed by atoms with E-state index in [0.717, 1.165) is 16.4 Å². The maximum atomic E-state index is 9.59. The van der Waals surface area contributed by atoms with Crippen molar-refractivity contribution in [1.82, 2.24) is 0 Å². The number of phenols is 2. The molecule has 8 heteroatoms. The summed E-state index contributed by atoms with van der Waals surface area (Å²) < 4.78 is 34.0. The molecule has 1 aliphatic rings. The van der Waals surface area contributed by atoms with Gasteiger partial charge in [-0.15, -0.1) is 10.2 Å². The van der Waals surface area contributed by atoms with E-state index in [4.69, 9.17) is 18.6 Å². The lowest BCUT2D eigenvalue weighted by Crippen LogP contribution is -2.68. The molecule has 0 aliphatic carbocycles. The first kappa shape index (κ1) is 15.4. The second-order valence-electron chi connectivity index (χ2n) is 3.64. The van der Waals surface area contributed by atoms with E-state index >= 15 is 0 Å². The molecule has 0 atom stereocenters. The van der Waals surface area contributed by atoms with E-state index in [0.29, 0.717) is 5.75 Å². The number of hydrogen-bond donors (Lipinski definition) is 2. The average Bonchev–Trinajstić information content (AvgIpc) is 2.72. The predicted octanol–water partition coefficient (Wildman–Crippen LogP) is -2.89. The molecule has 1 aliphatic heterocycles. The summed E-state index contributed by atoms with van der Waals surface area (Å²) >= 11 is 0. The Hall–Kier alpha value is -0.700. The molecule has 102 valence electrons. The van der Waals surface area contributed by atoms with Crippen molar-refractivity contribution in [2.45, 2.75) is 17.7 Å². The standard InChI is InChI=1S/C10H12O2S.ClHO4/c11-8-3-4-9(12)10(7-8)13-5-1-2-6-13;2-1(3,4)5/h3-4,7H,1-2,5-6H2,(H-,11,12);(H,2,3,4,5). The fourth-order valence-electron chi connectivity index (χ4n) is 1.61. The number of benzene rings is 1. The number of halogens is 1. The first-order chi connectivity index (χ1) is 8.27. The van der Waals surface area contributed by atoms with Crippen LogP contribution in [0.5, 0.6) is 11.5 Å². The van der Waals surface area contributed by atoms with Gasteiger partial charge >= 0.3 is 0 Å². The van der Waals surface area contributed by atoms with Crippen LogP contribution in [0, 0.1) is 10.2 Å². The highest BCUT2D eigenvalue weighted by atomic mass is 35.7. The molecule has 2 rings (SSSR count). The largest absolute Gasteiger partial charge is 0.508 e. The summed E-state index contributed by atoms with van der Waals surface area (Å²) in [4.78, 5) is 0.942. The van der Waals surface area contributed by atoms with Gasteiger partial charge in [0, 0.05) is 17.0 Å². The highest BCUT2D eigenvalue weighted by Gasteiger charge is 2.29. The Labute approximate surface area is 109 Å². The van der Waals surface area contributed by atoms with Crippen molar-refractivity contribution in [2.75, 3.05) is 11.5 Å². The van der Waals surface area contributed by atoms with E-state index in [1.54, 1.807) is 12.1 Å². The van der Waals surface area contributed by atoms with Crippen LogP contribution in [0.2, 0.25) is 0 Å². The first-order valence-electron chi connectivity index (χ1n) is 5.08. The zero-order valence-corrected chi connectivity index (χ0v) is 10.9. The molecule has 0 saturated carbocycles. The van der Waals surface area contributed by atoms with Gasteiger partial charge in [-0.3, -0.25) is 0 Å². The Morgan fingerprint density at radius 3 is 2.00 bits per heavy atom. The molecular formula is C10H13ClO6S. The van der Waals surface area contributed by atoms with Crippen LogP contribution in [-0.4, -0.2) is 21.7 Å². The van der Waals surface area contributed by atoms with Gasteiger partial charge in [-0.25, -0.2) is 18.6 Å². The van der Waals surface area contributed by atoms with Crippen LogP contribution < -0.4 is 18.6 Å². The van der Waals surface area contributed by atoms with Crippen molar-refractivity contribution in [3.8, 4) is 11.5 Å². The van der Waals surface area contributed by atoms with Crippen molar-refractivity contribution in [2.24, 2.45) is 0 Å². The van der Waals surface area contributed by atoms with Crippen molar-refractivity contribution < 1.29 is 39.1 Å². The molecule has 1 aromatic rings. The van der Waals surface area contributed by atoms with Crippen molar-refractivity contribution in [3.63, 3.8) is 0 Å². The van der Waals surface area contributed by atoms with Gasteiger partial charge in [0.25, 0.3) is 0 Å². The zero-order valence-electron chi connectivity index (χ0n) is 9.37. The third-order valence-electron chi connectivity index (χ3n) is 2.29. The summed E-state index contributed by atoms with van der Waals surface area (Å²) in [6.45, 7) is 0. The van der Waals surface area contributed by atoms with Crippen LogP contribution in [0.25, 0.3) is 0 Å². The van der Waals surface area contributed by atoms with Gasteiger partial charge in [0.05, 0.1) is 0 Å². The van der Waals surface area contributed by atoms with Crippen molar-refractivity contribution in [1.29, 1.82) is 0 Å². The molecule has 1 aromatic carbocycles. The topological polar surface area (TPSA) is 133 Å². The van der Waals surface area contributed by atoms with Gasteiger partial charge in [0.15, 0.2) is 10.6 Å². The molecule has 0 radical (unpaired) electrons. The first-order valence-corrected chi connectivity index (χ1v) is 7.88. The second-order valence-corrected chi connectivity index (χ2v) is 6.64. The van der Waals surface area contributed by atoms with Crippen LogP contribution in [0.15, 0.2) is 23.1 Å². The lowest BCUT2D eigenvalue weighted by Gasteiger charge is -2.17. The Morgan fingerprint density at radius 1 is 1.00 bits per heavy atom. The van der Waals surface area contributed by atoms with Crippen LogP contribution in [0.4, 0.5) is 0 Å². The fraction of sp³-hybridized carbons (Fsp3) is 0.400.